The molecule has 0 aliphatic carbocycles. The van der Waals surface area contributed by atoms with Gasteiger partial charge < -0.3 is 9.47 Å². The van der Waals surface area contributed by atoms with Gasteiger partial charge in [0, 0.05) is 12.1 Å². The van der Waals surface area contributed by atoms with Gasteiger partial charge in [0.15, 0.2) is 9.84 Å². The minimum absolute atomic E-state index is 0.0544. The Balaban J connectivity index is 1.44. The first kappa shape index (κ1) is 19.3. The third-order valence-electron chi connectivity index (χ3n) is 5.89. The van der Waals surface area contributed by atoms with E-state index in [1.54, 1.807) is 21.0 Å². The smallest absolute Gasteiger partial charge is 0.195 e. The van der Waals surface area contributed by atoms with Crippen LogP contribution in [0.4, 0.5) is 0 Å². The molecule has 152 valence electrons. The van der Waals surface area contributed by atoms with Crippen LogP contribution < -0.4 is 9.47 Å². The fourth-order valence-electron chi connectivity index (χ4n) is 4.64. The molecule has 2 fully saturated rings. The summed E-state index contributed by atoms with van der Waals surface area (Å²) < 4.78 is 37.4. The molecule has 0 amide bonds. The zero-order valence-corrected chi connectivity index (χ0v) is 17.3. The van der Waals surface area contributed by atoms with Gasteiger partial charge in [0.25, 0.3) is 0 Å². The van der Waals surface area contributed by atoms with Crippen molar-refractivity contribution in [1.82, 2.24) is 15.1 Å². The molecular formula is C20H27N3O4S. The largest absolute Gasteiger partial charge is 0.497 e. The summed E-state index contributed by atoms with van der Waals surface area (Å²) in [5.74, 6) is 1.69. The number of nitrogens with zero attached hydrogens (tertiary/aromatic N) is 2. The van der Waals surface area contributed by atoms with Gasteiger partial charge in [-0.15, -0.1) is 0 Å². The zero-order valence-electron chi connectivity index (χ0n) is 16.5. The molecule has 0 radical (unpaired) electrons. The molecule has 8 heteroatoms. The van der Waals surface area contributed by atoms with Crippen molar-refractivity contribution in [3.05, 3.63) is 35.7 Å². The Labute approximate surface area is 166 Å². The zero-order chi connectivity index (χ0) is 19.9. The van der Waals surface area contributed by atoms with Crippen molar-refractivity contribution in [2.45, 2.75) is 62.6 Å². The predicted molar refractivity (Wildman–Crippen MR) is 105 cm³/mol. The lowest BCUT2D eigenvalue weighted by Gasteiger charge is -2.38. The Bertz CT molecular complexity index is 905. The fraction of sp³-hybridized carbons (Fsp3) is 0.550. The van der Waals surface area contributed by atoms with E-state index >= 15 is 0 Å². The Hall–Kier alpha value is -2.06. The highest BCUT2D eigenvalue weighted by molar-refractivity contribution is 7.91. The van der Waals surface area contributed by atoms with Crippen molar-refractivity contribution in [2.24, 2.45) is 0 Å². The third kappa shape index (κ3) is 3.63. The number of aryl methyl sites for hydroxylation is 2. The molecule has 0 unspecified atom stereocenters. The number of piperidine rings is 1. The second kappa shape index (κ2) is 7.40. The summed E-state index contributed by atoms with van der Waals surface area (Å²) in [5.41, 5.74) is 1.16. The number of hydrogen-bond acceptors (Lipinski definition) is 6. The van der Waals surface area contributed by atoms with Gasteiger partial charge in [-0.25, -0.2) is 8.42 Å². The molecule has 3 heterocycles. The van der Waals surface area contributed by atoms with Gasteiger partial charge in [0.05, 0.1) is 18.5 Å². The van der Waals surface area contributed by atoms with E-state index in [0.29, 0.717) is 16.3 Å². The van der Waals surface area contributed by atoms with Crippen molar-refractivity contribution in [3.63, 3.8) is 0 Å². The number of hydrogen-bond donors (Lipinski definition) is 1. The van der Waals surface area contributed by atoms with E-state index in [-0.39, 0.29) is 24.1 Å². The first-order chi connectivity index (χ1) is 13.4. The number of methoxy groups -OCH3 is 1. The summed E-state index contributed by atoms with van der Waals surface area (Å²) in [6, 6.07) is 8.10. The number of rotatable bonds is 6. The van der Waals surface area contributed by atoms with Crippen molar-refractivity contribution in [3.8, 4) is 11.5 Å². The van der Waals surface area contributed by atoms with Crippen molar-refractivity contribution >= 4 is 9.84 Å². The average molecular weight is 406 g/mol. The average Bonchev–Trinajstić information content (AvgIpc) is 3.10. The molecule has 7 nitrogen and oxygen atoms in total. The Morgan fingerprint density at radius 3 is 2.25 bits per heavy atom. The van der Waals surface area contributed by atoms with E-state index in [4.69, 9.17) is 9.47 Å². The molecule has 2 aromatic rings. The van der Waals surface area contributed by atoms with E-state index in [1.165, 1.54) is 0 Å². The first-order valence-corrected chi connectivity index (χ1v) is 11.3. The van der Waals surface area contributed by atoms with Gasteiger partial charge in [-0.2, -0.15) is 5.10 Å². The molecule has 2 aliphatic heterocycles. The quantitative estimate of drug-likeness (QED) is 0.796. The number of H-pyrrole nitrogens is 1. The number of benzene rings is 1. The maximum absolute atomic E-state index is 13.0. The molecule has 1 N–H and O–H groups in total. The van der Waals surface area contributed by atoms with Gasteiger partial charge in [-0.05, 0) is 63.8 Å². The maximum Gasteiger partial charge on any atom is 0.195 e. The van der Waals surface area contributed by atoms with E-state index in [1.807, 2.05) is 24.3 Å². The van der Waals surface area contributed by atoms with Crippen LogP contribution in [-0.4, -0.2) is 54.7 Å². The molecule has 2 saturated heterocycles. The molecule has 4 rings (SSSR count). The summed E-state index contributed by atoms with van der Waals surface area (Å²) in [7, 11) is -1.77. The highest BCUT2D eigenvalue weighted by Gasteiger charge is 2.43. The van der Waals surface area contributed by atoms with Crippen LogP contribution in [0.5, 0.6) is 11.5 Å². The van der Waals surface area contributed by atoms with Gasteiger partial charge in [0.2, 0.25) is 0 Å². The SMILES string of the molecule is COc1ccc(O[C@@H]2C[C@H]3CC[C@@H](C2)N3CS(=O)(=O)c2c(C)n[nH]c2C)cc1. The highest BCUT2D eigenvalue weighted by atomic mass is 32.2. The summed E-state index contributed by atoms with van der Waals surface area (Å²) in [5, 5.41) is 6.83. The molecule has 2 aliphatic rings. The van der Waals surface area contributed by atoms with Crippen LogP contribution in [0.1, 0.15) is 37.1 Å². The monoisotopic (exact) mass is 405 g/mol. The number of fused-ring (bicyclic) bond motifs is 2. The van der Waals surface area contributed by atoms with E-state index < -0.39 is 9.84 Å². The molecule has 0 spiro atoms. The fourth-order valence-corrected chi connectivity index (χ4v) is 6.59. The lowest BCUT2D eigenvalue weighted by molar-refractivity contribution is 0.0608. The lowest BCUT2D eigenvalue weighted by atomic mass is 10.0. The topological polar surface area (TPSA) is 84.5 Å². The van der Waals surface area contributed by atoms with Gasteiger partial charge >= 0.3 is 0 Å². The van der Waals surface area contributed by atoms with Crippen molar-refractivity contribution < 1.29 is 17.9 Å². The summed E-state index contributed by atoms with van der Waals surface area (Å²) in [6.45, 7) is 3.50. The van der Waals surface area contributed by atoms with Gasteiger partial charge in [-0.1, -0.05) is 0 Å². The summed E-state index contributed by atoms with van der Waals surface area (Å²) in [4.78, 5) is 2.51. The normalized spacial score (nSPS) is 25.0. The van der Waals surface area contributed by atoms with Crippen LogP contribution in [0, 0.1) is 13.8 Å². The van der Waals surface area contributed by atoms with Crippen LogP contribution in [0.25, 0.3) is 0 Å². The Morgan fingerprint density at radius 2 is 1.71 bits per heavy atom. The lowest BCUT2D eigenvalue weighted by Crippen LogP contribution is -2.48. The molecular weight excluding hydrogens is 378 g/mol. The Morgan fingerprint density at radius 1 is 1.11 bits per heavy atom. The van der Waals surface area contributed by atoms with Crippen LogP contribution in [0.3, 0.4) is 0 Å². The molecule has 1 aromatic carbocycles. The Kier molecular flexibility index (Phi) is 5.09. The standard InChI is InChI=1S/C20H27N3O4S/c1-13-20(14(2)22-21-13)28(24,25)12-23-15-4-5-16(23)11-19(10-15)27-18-8-6-17(26-3)7-9-18/h6-9,15-16,19H,4-5,10-12H2,1-3H3,(H,21,22)/t15-,16+,19-. The predicted octanol–water partition coefficient (Wildman–Crippen LogP) is 2.84. The van der Waals surface area contributed by atoms with E-state index in [0.717, 1.165) is 37.2 Å². The summed E-state index contributed by atoms with van der Waals surface area (Å²) >= 11 is 0. The minimum atomic E-state index is -3.41. The van der Waals surface area contributed by atoms with Crippen LogP contribution in [-0.2, 0) is 9.84 Å². The molecule has 28 heavy (non-hydrogen) atoms. The number of ether oxygens (including phenoxy) is 2. The summed E-state index contributed by atoms with van der Waals surface area (Å²) in [6.07, 6.45) is 3.85. The second-order valence-electron chi connectivity index (χ2n) is 7.79. The van der Waals surface area contributed by atoms with Crippen molar-refractivity contribution in [2.75, 3.05) is 13.0 Å². The number of sulfone groups is 1. The maximum atomic E-state index is 13.0. The van der Waals surface area contributed by atoms with Gasteiger partial charge in [-0.3, -0.25) is 10.00 Å². The van der Waals surface area contributed by atoms with Crippen molar-refractivity contribution in [1.29, 1.82) is 0 Å². The second-order valence-corrected chi connectivity index (χ2v) is 9.69. The molecule has 1 aromatic heterocycles. The number of aromatic amines is 1. The number of aromatic nitrogens is 2. The first-order valence-electron chi connectivity index (χ1n) is 9.68. The van der Waals surface area contributed by atoms with Crippen LogP contribution in [0.15, 0.2) is 29.2 Å². The third-order valence-corrected chi connectivity index (χ3v) is 7.76. The molecule has 2 bridgehead atoms. The highest BCUT2D eigenvalue weighted by Crippen LogP contribution is 2.38. The molecule has 0 saturated carbocycles. The molecule has 3 atom stereocenters. The van der Waals surface area contributed by atoms with Gasteiger partial charge in [0.1, 0.15) is 28.4 Å². The number of nitrogens with one attached hydrogen (secondary N) is 1. The van der Waals surface area contributed by atoms with E-state index in [2.05, 4.69) is 15.1 Å². The van der Waals surface area contributed by atoms with Crippen LogP contribution >= 0.6 is 0 Å². The minimum Gasteiger partial charge on any atom is -0.497 e. The van der Waals surface area contributed by atoms with Crippen LogP contribution in [0.2, 0.25) is 0 Å². The van der Waals surface area contributed by atoms with E-state index in [9.17, 15) is 8.42 Å².